The normalized spacial score (nSPS) is 11.8. The molecule has 0 aliphatic heterocycles. The first-order valence-electron chi connectivity index (χ1n) is 10.0. The largest absolute Gasteiger partial charge is 1.00 e. The number of aryl methyl sites for hydroxylation is 1. The van der Waals surface area contributed by atoms with E-state index in [0.717, 1.165) is 23.9 Å². The average molecular weight is 454 g/mol. The van der Waals surface area contributed by atoms with Crippen LogP contribution in [0.1, 0.15) is 18.4 Å². The van der Waals surface area contributed by atoms with Crippen molar-refractivity contribution in [2.75, 3.05) is 34.3 Å². The van der Waals surface area contributed by atoms with Crippen molar-refractivity contribution >= 4 is 38.3 Å². The molecule has 0 atom stereocenters. The maximum absolute atomic E-state index is 12.0. The Morgan fingerprint density at radius 3 is 2.17 bits per heavy atom. The first kappa shape index (κ1) is 21.5. The van der Waals surface area contributed by atoms with Crippen molar-refractivity contribution in [3.8, 4) is 0 Å². The predicted molar refractivity (Wildman–Crippen MR) is 117 cm³/mol. The Hall–Kier alpha value is -2.17. The van der Waals surface area contributed by atoms with E-state index in [4.69, 9.17) is 4.74 Å². The first-order chi connectivity index (χ1) is 13.4. The fourth-order valence-electron chi connectivity index (χ4n) is 3.94. The van der Waals surface area contributed by atoms with Gasteiger partial charge in [-0.3, -0.25) is 4.79 Å². The van der Waals surface area contributed by atoms with Gasteiger partial charge in [0, 0.05) is 6.42 Å². The molecule has 4 aromatic carbocycles. The number of esters is 1. The van der Waals surface area contributed by atoms with E-state index in [1.165, 1.54) is 37.9 Å². The van der Waals surface area contributed by atoms with Crippen molar-refractivity contribution in [1.29, 1.82) is 0 Å². The van der Waals surface area contributed by atoms with Gasteiger partial charge in [0.2, 0.25) is 0 Å². The third-order valence-corrected chi connectivity index (χ3v) is 5.47. The summed E-state index contributed by atoms with van der Waals surface area (Å²) < 4.78 is 6.18. The highest BCUT2D eigenvalue weighted by molar-refractivity contribution is 6.23. The Bertz CT molecular complexity index is 1110. The number of rotatable bonds is 7. The molecule has 0 radical (unpaired) electrons. The molecule has 4 aromatic rings. The van der Waals surface area contributed by atoms with Gasteiger partial charge >= 0.3 is 5.97 Å². The lowest BCUT2D eigenvalue weighted by atomic mass is 9.90. The van der Waals surface area contributed by atoms with Gasteiger partial charge in [-0.05, 0) is 50.7 Å². The Kier molecular flexibility index (Phi) is 6.45. The van der Waals surface area contributed by atoms with Crippen molar-refractivity contribution < 1.29 is 31.0 Å². The summed E-state index contributed by atoms with van der Waals surface area (Å²) in [6.45, 7) is 1.32. The van der Waals surface area contributed by atoms with Crippen LogP contribution in [0.3, 0.4) is 0 Å². The summed E-state index contributed by atoms with van der Waals surface area (Å²) in [7, 11) is 6.30. The fourth-order valence-corrected chi connectivity index (χ4v) is 3.94. The average Bonchev–Trinajstić information content (AvgIpc) is 2.66. The van der Waals surface area contributed by atoms with E-state index in [2.05, 4.69) is 75.7 Å². The molecule has 0 aliphatic rings. The first-order valence-corrected chi connectivity index (χ1v) is 10.0. The van der Waals surface area contributed by atoms with Crippen molar-refractivity contribution in [1.82, 2.24) is 0 Å². The van der Waals surface area contributed by atoms with Crippen LogP contribution in [0.15, 0.2) is 54.6 Å². The molecule has 4 heteroatoms. The van der Waals surface area contributed by atoms with E-state index >= 15 is 0 Å². The Morgan fingerprint density at radius 2 is 1.48 bits per heavy atom. The quantitative estimate of drug-likeness (QED) is 0.243. The van der Waals surface area contributed by atoms with Crippen LogP contribution in [-0.4, -0.2) is 44.7 Å². The van der Waals surface area contributed by atoms with Crippen LogP contribution < -0.4 is 17.0 Å². The van der Waals surface area contributed by atoms with E-state index in [0.29, 0.717) is 13.0 Å². The maximum Gasteiger partial charge on any atom is 0.306 e. The number of halogens is 1. The molecule has 29 heavy (non-hydrogen) atoms. The van der Waals surface area contributed by atoms with Crippen molar-refractivity contribution in [2.45, 2.75) is 19.3 Å². The monoisotopic (exact) mass is 453 g/mol. The summed E-state index contributed by atoms with van der Waals surface area (Å²) in [5.74, 6) is -0.0915. The molecule has 0 aromatic heterocycles. The Morgan fingerprint density at radius 1 is 0.862 bits per heavy atom. The second-order valence-electron chi connectivity index (χ2n) is 8.67. The highest BCUT2D eigenvalue weighted by Gasteiger charge is 2.12. The SMILES string of the molecule is C[N+](C)(C)CCOC(=O)CCCc1ccc2ccc3cccc4ccc1c2c34.[Br-]. The minimum atomic E-state index is -0.0915. The Balaban J connectivity index is 0.00000240. The fraction of sp³-hybridized carbons (Fsp3) is 0.320. The lowest BCUT2D eigenvalue weighted by Crippen LogP contribution is -3.00. The molecule has 4 rings (SSSR count). The highest BCUT2D eigenvalue weighted by atomic mass is 79.9. The molecule has 3 nitrogen and oxygen atoms in total. The van der Waals surface area contributed by atoms with E-state index in [-0.39, 0.29) is 23.0 Å². The molecule has 0 spiro atoms. The van der Waals surface area contributed by atoms with Gasteiger partial charge in [0.05, 0.1) is 21.1 Å². The third kappa shape index (κ3) is 4.71. The molecule has 0 amide bonds. The van der Waals surface area contributed by atoms with Gasteiger partial charge in [0.1, 0.15) is 13.2 Å². The molecule has 0 saturated carbocycles. The molecule has 0 heterocycles. The molecule has 152 valence electrons. The predicted octanol–water partition coefficient (Wildman–Crippen LogP) is 2.16. The Labute approximate surface area is 182 Å². The zero-order chi connectivity index (χ0) is 19.7. The number of benzene rings is 4. The number of ether oxygens (including phenoxy) is 1. The molecule has 0 saturated heterocycles. The number of carbonyl (C=O) groups is 1. The summed E-state index contributed by atoms with van der Waals surface area (Å²) in [5, 5.41) is 7.85. The zero-order valence-electron chi connectivity index (χ0n) is 17.4. The topological polar surface area (TPSA) is 26.3 Å². The van der Waals surface area contributed by atoms with Crippen LogP contribution in [0.2, 0.25) is 0 Å². The van der Waals surface area contributed by atoms with Crippen LogP contribution in [0.25, 0.3) is 32.3 Å². The van der Waals surface area contributed by atoms with Crippen molar-refractivity contribution in [3.63, 3.8) is 0 Å². The van der Waals surface area contributed by atoms with Gasteiger partial charge < -0.3 is 26.2 Å². The summed E-state index contributed by atoms with van der Waals surface area (Å²) in [6.07, 6.45) is 2.17. The summed E-state index contributed by atoms with van der Waals surface area (Å²) >= 11 is 0. The number of quaternary nitrogens is 1. The minimum absolute atomic E-state index is 0. The van der Waals surface area contributed by atoms with Crippen LogP contribution in [0, 0.1) is 0 Å². The van der Waals surface area contributed by atoms with Gasteiger partial charge in [0.25, 0.3) is 0 Å². The van der Waals surface area contributed by atoms with Crippen molar-refractivity contribution in [2.24, 2.45) is 0 Å². The number of likely N-dealkylation sites (N-methyl/N-ethyl adjacent to an activating group) is 1. The highest BCUT2D eigenvalue weighted by Crippen LogP contribution is 2.36. The van der Waals surface area contributed by atoms with E-state index in [1.54, 1.807) is 0 Å². The summed E-state index contributed by atoms with van der Waals surface area (Å²) in [6, 6.07) is 19.8. The van der Waals surface area contributed by atoms with Gasteiger partial charge in [-0.2, -0.15) is 0 Å². The maximum atomic E-state index is 12.0. The van der Waals surface area contributed by atoms with E-state index < -0.39 is 0 Å². The van der Waals surface area contributed by atoms with Gasteiger partial charge in [-0.15, -0.1) is 0 Å². The van der Waals surface area contributed by atoms with Crippen LogP contribution >= 0.6 is 0 Å². The van der Waals surface area contributed by atoms with Gasteiger partial charge in [-0.25, -0.2) is 0 Å². The molecule has 0 fully saturated rings. The lowest BCUT2D eigenvalue weighted by Gasteiger charge is -2.23. The molecular formula is C25H28BrNO2. The van der Waals surface area contributed by atoms with Crippen LogP contribution in [-0.2, 0) is 16.0 Å². The standard InChI is InChI=1S/C25H28NO2.BrH/c1-26(2,3)16-17-28-23(27)9-5-6-18-10-11-21-13-12-19-7-4-8-20-14-15-22(18)25(21)24(19)20;/h4,7-8,10-15H,5-6,9,16-17H2,1-3H3;1H/q+1;/p-1. The smallest absolute Gasteiger partial charge is 0.306 e. The molecule has 0 aliphatic carbocycles. The number of nitrogens with zero attached hydrogens (tertiary/aromatic N) is 1. The van der Waals surface area contributed by atoms with Crippen LogP contribution in [0.5, 0.6) is 0 Å². The van der Waals surface area contributed by atoms with Gasteiger partial charge in [-0.1, -0.05) is 54.6 Å². The molecule has 0 bridgehead atoms. The molecular weight excluding hydrogens is 426 g/mol. The third-order valence-electron chi connectivity index (χ3n) is 5.47. The van der Waals surface area contributed by atoms with Gasteiger partial charge in [0.15, 0.2) is 0 Å². The van der Waals surface area contributed by atoms with E-state index in [1.807, 2.05) is 0 Å². The molecule has 0 N–H and O–H groups in total. The zero-order valence-corrected chi connectivity index (χ0v) is 19.0. The van der Waals surface area contributed by atoms with Crippen LogP contribution in [0.4, 0.5) is 0 Å². The number of carbonyl (C=O) groups excluding carboxylic acids is 1. The van der Waals surface area contributed by atoms with Crippen molar-refractivity contribution in [3.05, 3.63) is 60.2 Å². The number of hydrogen-bond acceptors (Lipinski definition) is 2. The second-order valence-corrected chi connectivity index (χ2v) is 8.67. The molecule has 0 unspecified atom stereocenters. The van der Waals surface area contributed by atoms with E-state index in [9.17, 15) is 4.79 Å². The number of hydrogen-bond donors (Lipinski definition) is 0. The summed E-state index contributed by atoms with van der Waals surface area (Å²) in [5.41, 5.74) is 1.31. The second kappa shape index (κ2) is 8.68. The summed E-state index contributed by atoms with van der Waals surface area (Å²) in [4.78, 5) is 12.0. The lowest BCUT2D eigenvalue weighted by molar-refractivity contribution is -0.870. The minimum Gasteiger partial charge on any atom is -1.00 e.